The molecule has 1 fully saturated rings. The predicted molar refractivity (Wildman–Crippen MR) is 89.8 cm³/mol. The molecule has 1 N–H and O–H groups in total. The van der Waals surface area contributed by atoms with E-state index >= 15 is 0 Å². The van der Waals surface area contributed by atoms with E-state index in [1.165, 1.54) is 36.8 Å². The van der Waals surface area contributed by atoms with Gasteiger partial charge in [0.05, 0.1) is 0 Å². The fourth-order valence-corrected chi connectivity index (χ4v) is 3.05. The molecule has 1 aliphatic rings. The van der Waals surface area contributed by atoms with Gasteiger partial charge < -0.3 is 10.2 Å². The number of hydrogen-bond acceptors (Lipinski definition) is 1. The third-order valence-corrected chi connectivity index (χ3v) is 4.74. The predicted octanol–water partition coefficient (Wildman–Crippen LogP) is 3.88. The molecule has 1 aromatic rings. The lowest BCUT2D eigenvalue weighted by Crippen LogP contribution is -2.46. The molecule has 2 atom stereocenters. The van der Waals surface area contributed by atoms with E-state index in [0.29, 0.717) is 6.04 Å². The summed E-state index contributed by atoms with van der Waals surface area (Å²) in [6.07, 6.45) is 5.26. The first kappa shape index (κ1) is 15.3. The minimum atomic E-state index is 0.553. The van der Waals surface area contributed by atoms with Crippen molar-refractivity contribution in [3.63, 3.8) is 0 Å². The molecular formula is C17H26N2S. The van der Waals surface area contributed by atoms with Crippen molar-refractivity contribution in [2.24, 2.45) is 5.92 Å². The summed E-state index contributed by atoms with van der Waals surface area (Å²) in [6.45, 7) is 5.32. The van der Waals surface area contributed by atoms with Gasteiger partial charge in [-0.25, -0.2) is 0 Å². The van der Waals surface area contributed by atoms with Gasteiger partial charge in [-0.3, -0.25) is 0 Å². The lowest BCUT2D eigenvalue weighted by molar-refractivity contribution is 0.300. The van der Waals surface area contributed by atoms with E-state index in [1.807, 2.05) is 0 Å². The lowest BCUT2D eigenvalue weighted by atomic mass is 9.86. The molecule has 2 nitrogen and oxygen atoms in total. The standard InChI is InChI=1S/C17H26N2S/c1-13-8-10-15(11-9-13)12-19(3)17(20)18-16-7-5-4-6-14(16)2/h8-11,14,16H,4-7,12H2,1-3H3,(H,18,20)/t14-,16-/m0/s1. The average molecular weight is 290 g/mol. The van der Waals surface area contributed by atoms with Crippen molar-refractivity contribution in [2.45, 2.75) is 52.1 Å². The number of nitrogens with zero attached hydrogens (tertiary/aromatic N) is 1. The monoisotopic (exact) mass is 290 g/mol. The Morgan fingerprint density at radius 2 is 1.90 bits per heavy atom. The van der Waals surface area contributed by atoms with Gasteiger partial charge in [-0.1, -0.05) is 49.6 Å². The third kappa shape index (κ3) is 4.20. The summed E-state index contributed by atoms with van der Waals surface area (Å²) in [6, 6.07) is 9.22. The molecule has 110 valence electrons. The van der Waals surface area contributed by atoms with Gasteiger partial charge in [-0.15, -0.1) is 0 Å². The maximum Gasteiger partial charge on any atom is 0.169 e. The van der Waals surface area contributed by atoms with Crippen LogP contribution in [0, 0.1) is 12.8 Å². The van der Waals surface area contributed by atoms with E-state index < -0.39 is 0 Å². The van der Waals surface area contributed by atoms with Crippen LogP contribution in [-0.4, -0.2) is 23.1 Å². The molecule has 0 aromatic heterocycles. The SMILES string of the molecule is Cc1ccc(CN(C)C(=S)N[C@H]2CCCC[C@@H]2C)cc1. The fraction of sp³-hybridized carbons (Fsp3) is 0.588. The molecule has 20 heavy (non-hydrogen) atoms. The zero-order valence-corrected chi connectivity index (χ0v) is 13.7. The molecule has 0 bridgehead atoms. The molecule has 2 rings (SSSR count). The highest BCUT2D eigenvalue weighted by Gasteiger charge is 2.22. The Morgan fingerprint density at radius 1 is 1.25 bits per heavy atom. The minimum absolute atomic E-state index is 0.553. The van der Waals surface area contributed by atoms with Crippen molar-refractivity contribution >= 4 is 17.3 Å². The van der Waals surface area contributed by atoms with Gasteiger partial charge in [0.2, 0.25) is 0 Å². The minimum Gasteiger partial charge on any atom is -0.360 e. The molecular weight excluding hydrogens is 264 g/mol. The molecule has 0 radical (unpaired) electrons. The van der Waals surface area contributed by atoms with Gasteiger partial charge in [0.15, 0.2) is 5.11 Å². The Bertz CT molecular complexity index is 441. The van der Waals surface area contributed by atoms with Gasteiger partial charge in [-0.05, 0) is 43.5 Å². The van der Waals surface area contributed by atoms with Crippen molar-refractivity contribution in [2.75, 3.05) is 7.05 Å². The van der Waals surface area contributed by atoms with Crippen LogP contribution in [0.4, 0.5) is 0 Å². The van der Waals surface area contributed by atoms with Gasteiger partial charge in [0.1, 0.15) is 0 Å². The Kier molecular flexibility index (Phi) is 5.41. The number of hydrogen-bond donors (Lipinski definition) is 1. The lowest BCUT2D eigenvalue weighted by Gasteiger charge is -2.33. The van der Waals surface area contributed by atoms with E-state index in [4.69, 9.17) is 12.2 Å². The summed E-state index contributed by atoms with van der Waals surface area (Å²) in [7, 11) is 2.07. The van der Waals surface area contributed by atoms with Crippen LogP contribution in [-0.2, 0) is 6.54 Å². The van der Waals surface area contributed by atoms with E-state index in [0.717, 1.165) is 17.6 Å². The first-order valence-electron chi connectivity index (χ1n) is 7.63. The highest BCUT2D eigenvalue weighted by molar-refractivity contribution is 7.80. The van der Waals surface area contributed by atoms with Crippen molar-refractivity contribution < 1.29 is 0 Å². The number of thiocarbonyl (C=S) groups is 1. The van der Waals surface area contributed by atoms with Crippen LogP contribution in [0.5, 0.6) is 0 Å². The highest BCUT2D eigenvalue weighted by Crippen LogP contribution is 2.23. The molecule has 0 saturated heterocycles. The van der Waals surface area contributed by atoms with Crippen LogP contribution in [0.2, 0.25) is 0 Å². The number of rotatable bonds is 3. The zero-order chi connectivity index (χ0) is 14.5. The normalized spacial score (nSPS) is 22.4. The summed E-state index contributed by atoms with van der Waals surface area (Å²) >= 11 is 5.55. The molecule has 3 heteroatoms. The van der Waals surface area contributed by atoms with Crippen LogP contribution in [0.1, 0.15) is 43.7 Å². The van der Waals surface area contributed by atoms with Crippen LogP contribution in [0.25, 0.3) is 0 Å². The van der Waals surface area contributed by atoms with Crippen LogP contribution in [0.15, 0.2) is 24.3 Å². The van der Waals surface area contributed by atoms with Crippen molar-refractivity contribution in [1.82, 2.24) is 10.2 Å². The van der Waals surface area contributed by atoms with Crippen molar-refractivity contribution in [3.05, 3.63) is 35.4 Å². The molecule has 0 heterocycles. The van der Waals surface area contributed by atoms with Crippen molar-refractivity contribution in [1.29, 1.82) is 0 Å². The average Bonchev–Trinajstić information content (AvgIpc) is 2.44. The summed E-state index contributed by atoms with van der Waals surface area (Å²) < 4.78 is 0. The molecule has 0 aliphatic heterocycles. The van der Waals surface area contributed by atoms with Gasteiger partial charge >= 0.3 is 0 Å². The molecule has 1 aliphatic carbocycles. The highest BCUT2D eigenvalue weighted by atomic mass is 32.1. The quantitative estimate of drug-likeness (QED) is 0.851. The topological polar surface area (TPSA) is 15.3 Å². The Hall–Kier alpha value is -1.09. The van der Waals surface area contributed by atoms with Gasteiger partial charge in [-0.2, -0.15) is 0 Å². The number of aryl methyl sites for hydroxylation is 1. The molecule has 0 spiro atoms. The fourth-order valence-electron chi connectivity index (χ4n) is 2.84. The first-order chi connectivity index (χ1) is 9.56. The van der Waals surface area contributed by atoms with Crippen LogP contribution >= 0.6 is 12.2 Å². The summed E-state index contributed by atoms with van der Waals surface area (Å²) in [5.74, 6) is 0.731. The van der Waals surface area contributed by atoms with E-state index in [-0.39, 0.29) is 0 Å². The maximum atomic E-state index is 5.55. The largest absolute Gasteiger partial charge is 0.360 e. The Balaban J connectivity index is 1.86. The zero-order valence-electron chi connectivity index (χ0n) is 12.9. The third-order valence-electron chi connectivity index (χ3n) is 4.31. The first-order valence-corrected chi connectivity index (χ1v) is 8.04. The Labute approximate surface area is 128 Å². The second-order valence-electron chi connectivity index (χ2n) is 6.16. The van der Waals surface area contributed by atoms with E-state index in [2.05, 4.69) is 55.4 Å². The second-order valence-corrected chi connectivity index (χ2v) is 6.55. The molecule has 1 aromatic carbocycles. The van der Waals surface area contributed by atoms with E-state index in [1.54, 1.807) is 0 Å². The second kappa shape index (κ2) is 7.07. The molecule has 1 saturated carbocycles. The van der Waals surface area contributed by atoms with Crippen molar-refractivity contribution in [3.8, 4) is 0 Å². The smallest absolute Gasteiger partial charge is 0.169 e. The van der Waals surface area contributed by atoms with Crippen LogP contribution < -0.4 is 5.32 Å². The number of nitrogens with one attached hydrogen (secondary N) is 1. The summed E-state index contributed by atoms with van der Waals surface area (Å²) in [4.78, 5) is 2.14. The summed E-state index contributed by atoms with van der Waals surface area (Å²) in [5, 5.41) is 4.44. The van der Waals surface area contributed by atoms with Gasteiger partial charge in [0.25, 0.3) is 0 Å². The summed E-state index contributed by atoms with van der Waals surface area (Å²) in [5.41, 5.74) is 2.60. The van der Waals surface area contributed by atoms with E-state index in [9.17, 15) is 0 Å². The maximum absolute atomic E-state index is 5.55. The van der Waals surface area contributed by atoms with Gasteiger partial charge in [0, 0.05) is 19.6 Å². The van der Waals surface area contributed by atoms with Crippen LogP contribution in [0.3, 0.4) is 0 Å². The molecule has 0 amide bonds. The number of benzene rings is 1. The molecule has 0 unspecified atom stereocenters. The Morgan fingerprint density at radius 3 is 2.55 bits per heavy atom.